The Morgan fingerprint density at radius 3 is 2.78 bits per heavy atom. The van der Waals surface area contributed by atoms with E-state index in [1.54, 1.807) is 14.1 Å². The van der Waals surface area contributed by atoms with Crippen molar-refractivity contribution in [1.29, 1.82) is 0 Å². The normalized spacial score (nSPS) is 21.4. The fourth-order valence-corrected chi connectivity index (χ4v) is 5.53. The highest BCUT2D eigenvalue weighted by molar-refractivity contribution is 6.34. The maximum absolute atomic E-state index is 15.5. The van der Waals surface area contributed by atoms with Crippen LogP contribution in [0.3, 0.4) is 0 Å². The summed E-state index contributed by atoms with van der Waals surface area (Å²) in [7, 11) is 3.09. The maximum Gasteiger partial charge on any atom is 0.258 e. The highest BCUT2D eigenvalue weighted by atomic mass is 35.5. The van der Waals surface area contributed by atoms with Crippen LogP contribution >= 0.6 is 11.6 Å². The number of nitrogens with one attached hydrogen (secondary N) is 1. The molecule has 1 fully saturated rings. The van der Waals surface area contributed by atoms with Crippen molar-refractivity contribution in [3.8, 4) is 11.1 Å². The number of nitrogens with two attached hydrogens (primary N) is 2. The molecule has 1 aliphatic heterocycles. The SMILES string of the molecule is CN(C)C(=O)c1c(N)ccc(-c2cnc3c(c2Cl)C2(CCC(CCC(N)=O)C2)CN3)c1F. The number of rotatable bonds is 5. The maximum atomic E-state index is 15.5. The lowest BCUT2D eigenvalue weighted by Crippen LogP contribution is -2.25. The van der Waals surface area contributed by atoms with Crippen molar-refractivity contribution in [2.75, 3.05) is 31.7 Å². The van der Waals surface area contributed by atoms with Crippen LogP contribution in [-0.2, 0) is 10.2 Å². The lowest BCUT2D eigenvalue weighted by Gasteiger charge is -2.25. The van der Waals surface area contributed by atoms with Crippen LogP contribution in [0.15, 0.2) is 18.3 Å². The molecule has 5 N–H and O–H groups in total. The molecule has 2 unspecified atom stereocenters. The zero-order valence-electron chi connectivity index (χ0n) is 18.2. The fourth-order valence-electron chi connectivity index (χ4n) is 5.09. The molecule has 0 saturated heterocycles. The Balaban J connectivity index is 1.75. The Bertz CT molecular complexity index is 1110. The summed E-state index contributed by atoms with van der Waals surface area (Å²) in [5.74, 6) is -0.446. The van der Waals surface area contributed by atoms with Crippen LogP contribution in [0.4, 0.5) is 15.9 Å². The number of anilines is 2. The Hall–Kier alpha value is -2.87. The summed E-state index contributed by atoms with van der Waals surface area (Å²) in [6, 6.07) is 3.05. The predicted octanol–water partition coefficient (Wildman–Crippen LogP) is 3.55. The first kappa shape index (κ1) is 22.3. The lowest BCUT2D eigenvalue weighted by atomic mass is 9.79. The molecule has 2 amide bonds. The van der Waals surface area contributed by atoms with Gasteiger partial charge in [0.25, 0.3) is 5.91 Å². The van der Waals surface area contributed by atoms with E-state index in [9.17, 15) is 9.59 Å². The van der Waals surface area contributed by atoms with Crippen LogP contribution in [0.2, 0.25) is 5.02 Å². The second-order valence-electron chi connectivity index (χ2n) is 9.05. The van der Waals surface area contributed by atoms with Gasteiger partial charge in [0.1, 0.15) is 11.6 Å². The third kappa shape index (κ3) is 3.66. The van der Waals surface area contributed by atoms with E-state index in [-0.39, 0.29) is 28.1 Å². The minimum Gasteiger partial charge on any atom is -0.398 e. The average molecular weight is 460 g/mol. The van der Waals surface area contributed by atoms with Crippen LogP contribution in [0.1, 0.15) is 48.0 Å². The van der Waals surface area contributed by atoms with E-state index in [4.69, 9.17) is 23.1 Å². The summed E-state index contributed by atoms with van der Waals surface area (Å²) in [5.41, 5.74) is 12.4. The number of nitrogen functional groups attached to an aromatic ring is 1. The number of pyridine rings is 1. The van der Waals surface area contributed by atoms with Gasteiger partial charge in [-0.05, 0) is 43.7 Å². The summed E-state index contributed by atoms with van der Waals surface area (Å²) in [6.07, 6.45) is 5.37. The number of fused-ring (bicyclic) bond motifs is 2. The average Bonchev–Trinajstić information content (AvgIpc) is 3.32. The number of halogens is 2. The van der Waals surface area contributed by atoms with Gasteiger partial charge < -0.3 is 21.7 Å². The standard InChI is InChI=1S/C23H27ClFN5O2/c1-30(2)22(32)17-15(26)5-4-13(20(17)25)14-10-28-21-18(19(14)24)23(11-29-21)8-7-12(9-23)3-6-16(27)31/h4-5,10,12H,3,6-9,11,26H2,1-2H3,(H2,27,31)(H,28,29). The number of primary amides is 1. The van der Waals surface area contributed by atoms with Crippen molar-refractivity contribution in [2.45, 2.75) is 37.5 Å². The Morgan fingerprint density at radius 1 is 1.34 bits per heavy atom. The van der Waals surface area contributed by atoms with Gasteiger partial charge in [0.05, 0.1) is 10.6 Å². The molecule has 0 bridgehead atoms. The summed E-state index contributed by atoms with van der Waals surface area (Å²) >= 11 is 6.89. The Labute approximate surface area is 191 Å². The van der Waals surface area contributed by atoms with E-state index < -0.39 is 11.7 Å². The highest BCUT2D eigenvalue weighted by Gasteiger charge is 2.47. The summed E-state index contributed by atoms with van der Waals surface area (Å²) < 4.78 is 15.5. The first-order chi connectivity index (χ1) is 15.1. The molecule has 2 heterocycles. The number of hydrogen-bond acceptors (Lipinski definition) is 5. The molecule has 1 aromatic heterocycles. The largest absolute Gasteiger partial charge is 0.398 e. The molecular formula is C23H27ClFN5O2. The van der Waals surface area contributed by atoms with Gasteiger partial charge in [0.2, 0.25) is 5.91 Å². The molecule has 1 spiro atoms. The summed E-state index contributed by atoms with van der Waals surface area (Å²) in [6.45, 7) is 0.695. The molecule has 2 atom stereocenters. The van der Waals surface area contributed by atoms with Crippen LogP contribution in [-0.4, -0.2) is 42.3 Å². The van der Waals surface area contributed by atoms with Crippen molar-refractivity contribution in [1.82, 2.24) is 9.88 Å². The smallest absolute Gasteiger partial charge is 0.258 e. The molecule has 1 aromatic carbocycles. The van der Waals surface area contributed by atoms with Crippen molar-refractivity contribution < 1.29 is 14.0 Å². The molecule has 1 saturated carbocycles. The van der Waals surface area contributed by atoms with E-state index in [1.807, 2.05) is 0 Å². The molecule has 2 aliphatic rings. The van der Waals surface area contributed by atoms with Gasteiger partial charge in [-0.15, -0.1) is 0 Å². The summed E-state index contributed by atoms with van der Waals surface area (Å²) in [4.78, 5) is 29.5. The fraction of sp³-hybridized carbons (Fsp3) is 0.435. The molecule has 2 aromatic rings. The number of aromatic nitrogens is 1. The number of carbonyl (C=O) groups excluding carboxylic acids is 2. The third-order valence-corrected chi connectivity index (χ3v) is 7.13. The van der Waals surface area contributed by atoms with E-state index in [0.29, 0.717) is 35.3 Å². The van der Waals surface area contributed by atoms with Crippen molar-refractivity contribution in [3.05, 3.63) is 40.3 Å². The molecule has 9 heteroatoms. The molecule has 4 rings (SSSR count). The van der Waals surface area contributed by atoms with E-state index >= 15 is 4.39 Å². The van der Waals surface area contributed by atoms with Crippen molar-refractivity contribution in [3.63, 3.8) is 0 Å². The van der Waals surface area contributed by atoms with Crippen LogP contribution < -0.4 is 16.8 Å². The zero-order valence-corrected chi connectivity index (χ0v) is 18.9. The van der Waals surface area contributed by atoms with Crippen LogP contribution in [0, 0.1) is 11.7 Å². The van der Waals surface area contributed by atoms with E-state index in [1.165, 1.54) is 23.2 Å². The van der Waals surface area contributed by atoms with Gasteiger partial charge in [-0.2, -0.15) is 0 Å². The van der Waals surface area contributed by atoms with Gasteiger partial charge in [-0.25, -0.2) is 9.37 Å². The third-order valence-electron chi connectivity index (χ3n) is 6.73. The minimum atomic E-state index is -0.710. The van der Waals surface area contributed by atoms with E-state index in [2.05, 4.69) is 10.3 Å². The molecule has 1 aliphatic carbocycles. The van der Waals surface area contributed by atoms with Gasteiger partial charge in [-0.3, -0.25) is 9.59 Å². The van der Waals surface area contributed by atoms with Crippen molar-refractivity contribution >= 4 is 34.9 Å². The lowest BCUT2D eigenvalue weighted by molar-refractivity contribution is -0.118. The quantitative estimate of drug-likeness (QED) is 0.591. The van der Waals surface area contributed by atoms with Crippen LogP contribution in [0.25, 0.3) is 11.1 Å². The Kier molecular flexibility index (Phi) is 5.75. The van der Waals surface area contributed by atoms with Gasteiger partial charge >= 0.3 is 0 Å². The molecular weight excluding hydrogens is 433 g/mol. The predicted molar refractivity (Wildman–Crippen MR) is 123 cm³/mol. The van der Waals surface area contributed by atoms with Crippen molar-refractivity contribution in [2.24, 2.45) is 11.7 Å². The van der Waals surface area contributed by atoms with E-state index in [0.717, 1.165) is 31.2 Å². The number of amides is 2. The second-order valence-corrected chi connectivity index (χ2v) is 9.43. The first-order valence-corrected chi connectivity index (χ1v) is 11.0. The zero-order chi connectivity index (χ0) is 23.2. The van der Waals surface area contributed by atoms with Gasteiger partial charge in [-0.1, -0.05) is 11.6 Å². The molecule has 7 nitrogen and oxygen atoms in total. The van der Waals surface area contributed by atoms with Crippen LogP contribution in [0.5, 0.6) is 0 Å². The first-order valence-electron chi connectivity index (χ1n) is 10.7. The molecule has 170 valence electrons. The monoisotopic (exact) mass is 459 g/mol. The number of carbonyl (C=O) groups is 2. The van der Waals surface area contributed by atoms with Gasteiger partial charge in [0, 0.05) is 61.1 Å². The van der Waals surface area contributed by atoms with Gasteiger partial charge in [0.15, 0.2) is 0 Å². The molecule has 0 radical (unpaired) electrons. The summed E-state index contributed by atoms with van der Waals surface area (Å²) in [5, 5.41) is 3.78. The number of nitrogens with zero attached hydrogens (tertiary/aromatic N) is 2. The highest BCUT2D eigenvalue weighted by Crippen LogP contribution is 2.54. The molecule has 32 heavy (non-hydrogen) atoms. The second kappa shape index (κ2) is 8.24. The Morgan fingerprint density at radius 2 is 2.09 bits per heavy atom. The number of benzene rings is 1. The minimum absolute atomic E-state index is 0.0708. The number of hydrogen-bond donors (Lipinski definition) is 3. The topological polar surface area (TPSA) is 114 Å².